The molecule has 0 rings (SSSR count). The van der Waals surface area contributed by atoms with E-state index in [2.05, 4.69) is 0 Å². The minimum Gasteiger partial charge on any atom is -0.448 e. The Morgan fingerprint density at radius 3 is 2.25 bits per heavy atom. The average Bonchev–Trinajstić information content (AvgIpc) is 1.95. The molecule has 12 heavy (non-hydrogen) atoms. The zero-order valence-corrected chi connectivity index (χ0v) is 7.14. The van der Waals surface area contributed by atoms with Gasteiger partial charge in [0.2, 0.25) is 0 Å². The van der Waals surface area contributed by atoms with Gasteiger partial charge in [-0.15, -0.1) is 0 Å². The monoisotopic (exact) mass is 184 g/mol. The molecule has 6 heteroatoms. The molecule has 0 saturated heterocycles. The van der Waals surface area contributed by atoms with Gasteiger partial charge in [0.15, 0.2) is 0 Å². The number of hydrogen-bond acceptors (Lipinski definition) is 2. The van der Waals surface area contributed by atoms with Gasteiger partial charge in [-0.1, -0.05) is 6.92 Å². The molecule has 2 nitrogen and oxygen atoms in total. The summed E-state index contributed by atoms with van der Waals surface area (Å²) in [7, 11) is 0. The Kier molecular flexibility index (Phi) is 5.32. The van der Waals surface area contributed by atoms with Crippen LogP contribution in [0, 0.1) is 0 Å². The SMILES string of the molecule is CCN(CCCO)C[B-](F)(F)F. The highest BCUT2D eigenvalue weighted by molar-refractivity contribution is 6.58. The number of aliphatic hydroxyl groups is 1. The molecular formula is C6H14BF3NO-. The second-order valence-corrected chi connectivity index (χ2v) is 2.68. The third kappa shape index (κ3) is 6.48. The molecule has 0 spiro atoms. The topological polar surface area (TPSA) is 23.5 Å². The quantitative estimate of drug-likeness (QED) is 0.624. The molecule has 0 aromatic heterocycles. The van der Waals surface area contributed by atoms with Crippen LogP contribution in [0.1, 0.15) is 13.3 Å². The molecule has 0 aromatic carbocycles. The number of aliphatic hydroxyl groups excluding tert-OH is 1. The average molecular weight is 184 g/mol. The third-order valence-electron chi connectivity index (χ3n) is 1.54. The summed E-state index contributed by atoms with van der Waals surface area (Å²) in [5.41, 5.74) is 0. The lowest BCUT2D eigenvalue weighted by Gasteiger charge is -2.26. The van der Waals surface area contributed by atoms with Crippen LogP contribution in [0.2, 0.25) is 0 Å². The van der Waals surface area contributed by atoms with Crippen molar-refractivity contribution in [3.8, 4) is 0 Å². The van der Waals surface area contributed by atoms with E-state index in [4.69, 9.17) is 5.11 Å². The normalized spacial score (nSPS) is 12.5. The van der Waals surface area contributed by atoms with Crippen LogP contribution in [-0.4, -0.2) is 43.1 Å². The van der Waals surface area contributed by atoms with Crippen molar-refractivity contribution < 1.29 is 18.1 Å². The maximum absolute atomic E-state index is 11.9. The Labute approximate surface area is 70.4 Å². The van der Waals surface area contributed by atoms with Crippen LogP contribution >= 0.6 is 0 Å². The minimum atomic E-state index is -4.72. The Hall–Kier alpha value is -0.225. The van der Waals surface area contributed by atoms with Gasteiger partial charge >= 0.3 is 6.98 Å². The molecule has 0 aliphatic carbocycles. The van der Waals surface area contributed by atoms with E-state index in [9.17, 15) is 12.9 Å². The molecule has 0 heterocycles. The van der Waals surface area contributed by atoms with Gasteiger partial charge in [-0.3, -0.25) is 0 Å². The van der Waals surface area contributed by atoms with Crippen LogP contribution in [0.25, 0.3) is 0 Å². The van der Waals surface area contributed by atoms with E-state index in [1.807, 2.05) is 0 Å². The molecule has 0 amide bonds. The van der Waals surface area contributed by atoms with Gasteiger partial charge in [0.1, 0.15) is 0 Å². The summed E-state index contributed by atoms with van der Waals surface area (Å²) in [6.45, 7) is -2.41. The fraction of sp³-hybridized carbons (Fsp3) is 1.00. The molecule has 0 saturated carbocycles. The molecular weight excluding hydrogens is 170 g/mol. The van der Waals surface area contributed by atoms with Gasteiger partial charge in [0.05, 0.1) is 0 Å². The van der Waals surface area contributed by atoms with Crippen molar-refractivity contribution in [2.45, 2.75) is 13.3 Å². The summed E-state index contributed by atoms with van der Waals surface area (Å²) in [6.07, 6.45) is -0.420. The van der Waals surface area contributed by atoms with E-state index in [1.165, 1.54) is 4.90 Å². The van der Waals surface area contributed by atoms with Crippen molar-refractivity contribution in [3.63, 3.8) is 0 Å². The molecule has 0 aromatic rings. The highest BCUT2D eigenvalue weighted by Crippen LogP contribution is 2.10. The van der Waals surface area contributed by atoms with Crippen molar-refractivity contribution >= 4 is 6.98 Å². The molecule has 0 aliphatic heterocycles. The number of hydrogen-bond donors (Lipinski definition) is 1. The Morgan fingerprint density at radius 2 is 1.92 bits per heavy atom. The predicted molar refractivity (Wildman–Crippen MR) is 42.9 cm³/mol. The smallest absolute Gasteiger partial charge is 0.448 e. The Bertz CT molecular complexity index is 120. The van der Waals surface area contributed by atoms with E-state index >= 15 is 0 Å². The van der Waals surface area contributed by atoms with Gasteiger partial charge in [-0.2, -0.15) is 0 Å². The summed E-state index contributed by atoms with van der Waals surface area (Å²) in [6, 6.07) is 0. The summed E-state index contributed by atoms with van der Waals surface area (Å²) in [5, 5.41) is 8.41. The lowest BCUT2D eigenvalue weighted by atomic mass is 9.91. The first-order valence-corrected chi connectivity index (χ1v) is 4.03. The number of halogens is 3. The van der Waals surface area contributed by atoms with Gasteiger partial charge in [0.25, 0.3) is 0 Å². The number of rotatable bonds is 6. The van der Waals surface area contributed by atoms with E-state index in [0.717, 1.165) is 0 Å². The summed E-state index contributed by atoms with van der Waals surface area (Å²) in [5.74, 6) is 0. The fourth-order valence-corrected chi connectivity index (χ4v) is 0.966. The maximum atomic E-state index is 11.9. The van der Waals surface area contributed by atoms with Crippen molar-refractivity contribution in [2.24, 2.45) is 0 Å². The van der Waals surface area contributed by atoms with E-state index in [0.29, 0.717) is 19.5 Å². The van der Waals surface area contributed by atoms with Gasteiger partial charge in [-0.25, -0.2) is 0 Å². The Morgan fingerprint density at radius 1 is 1.33 bits per heavy atom. The first-order chi connectivity index (χ1) is 5.49. The second-order valence-electron chi connectivity index (χ2n) is 2.68. The van der Waals surface area contributed by atoms with Crippen molar-refractivity contribution in [1.29, 1.82) is 0 Å². The van der Waals surface area contributed by atoms with Gasteiger partial charge < -0.3 is 23.0 Å². The first kappa shape index (κ1) is 11.8. The zero-order chi connectivity index (χ0) is 9.61. The van der Waals surface area contributed by atoms with E-state index in [-0.39, 0.29) is 6.61 Å². The zero-order valence-electron chi connectivity index (χ0n) is 7.14. The van der Waals surface area contributed by atoms with E-state index in [1.54, 1.807) is 6.92 Å². The molecule has 0 fully saturated rings. The lowest BCUT2D eigenvalue weighted by molar-refractivity contribution is 0.234. The maximum Gasteiger partial charge on any atom is 0.492 e. The van der Waals surface area contributed by atoms with Crippen molar-refractivity contribution in [1.82, 2.24) is 4.90 Å². The Balaban J connectivity index is 3.67. The van der Waals surface area contributed by atoms with Crippen LogP contribution in [0.15, 0.2) is 0 Å². The van der Waals surface area contributed by atoms with Crippen molar-refractivity contribution in [2.75, 3.05) is 26.1 Å². The largest absolute Gasteiger partial charge is 0.492 e. The first-order valence-electron chi connectivity index (χ1n) is 4.03. The highest BCUT2D eigenvalue weighted by Gasteiger charge is 2.25. The van der Waals surface area contributed by atoms with Gasteiger partial charge in [-0.05, 0) is 26.0 Å². The van der Waals surface area contributed by atoms with Crippen LogP contribution in [0.5, 0.6) is 0 Å². The highest BCUT2D eigenvalue weighted by atomic mass is 19.4. The molecule has 0 bridgehead atoms. The molecule has 0 atom stereocenters. The lowest BCUT2D eigenvalue weighted by Crippen LogP contribution is -2.38. The fourth-order valence-electron chi connectivity index (χ4n) is 0.966. The molecule has 1 N–H and O–H groups in total. The minimum absolute atomic E-state index is 0.0542. The number of nitrogens with zero attached hydrogens (tertiary/aromatic N) is 1. The molecule has 0 radical (unpaired) electrons. The molecule has 0 unspecified atom stereocenters. The molecule has 0 aliphatic rings. The summed E-state index contributed by atoms with van der Waals surface area (Å²) >= 11 is 0. The summed E-state index contributed by atoms with van der Waals surface area (Å²) < 4.78 is 35.6. The predicted octanol–water partition coefficient (Wildman–Crippen LogP) is 1.08. The second kappa shape index (κ2) is 5.43. The summed E-state index contributed by atoms with van der Waals surface area (Å²) in [4.78, 5) is 1.29. The molecule has 74 valence electrons. The van der Waals surface area contributed by atoms with Crippen LogP contribution < -0.4 is 0 Å². The third-order valence-corrected chi connectivity index (χ3v) is 1.54. The van der Waals surface area contributed by atoms with Crippen molar-refractivity contribution in [3.05, 3.63) is 0 Å². The van der Waals surface area contributed by atoms with Crippen LogP contribution in [0.3, 0.4) is 0 Å². The van der Waals surface area contributed by atoms with Crippen LogP contribution in [0.4, 0.5) is 12.9 Å². The van der Waals surface area contributed by atoms with E-state index < -0.39 is 13.4 Å². The standard InChI is InChI=1S/C6H14BF3NO/c1-2-11(4-3-5-12)6-7(8,9)10/h12H,2-6H2,1H3/q-1. The van der Waals surface area contributed by atoms with Gasteiger partial charge in [0, 0.05) is 6.61 Å². The van der Waals surface area contributed by atoms with Crippen LogP contribution in [-0.2, 0) is 0 Å².